The third kappa shape index (κ3) is 3.41. The number of nitrogens with one attached hydrogen (secondary N) is 1. The number of benzene rings is 1. The number of carbonyl (C=O) groups is 1. The van der Waals surface area contributed by atoms with E-state index >= 15 is 0 Å². The van der Waals surface area contributed by atoms with Crippen LogP contribution in [0.25, 0.3) is 0 Å². The van der Waals surface area contributed by atoms with Crippen LogP contribution in [0.5, 0.6) is 0 Å². The highest BCUT2D eigenvalue weighted by Crippen LogP contribution is 2.48. The summed E-state index contributed by atoms with van der Waals surface area (Å²) in [6.07, 6.45) is 4.36. The molecule has 2 fully saturated rings. The first-order valence-electron chi connectivity index (χ1n) is 7.64. The van der Waals surface area contributed by atoms with Crippen molar-refractivity contribution in [2.45, 2.75) is 51.0 Å². The van der Waals surface area contributed by atoms with Crippen LogP contribution in [-0.2, 0) is 10.2 Å². The molecule has 3 rings (SSSR count). The lowest BCUT2D eigenvalue weighted by Crippen LogP contribution is -2.43. The van der Waals surface area contributed by atoms with Crippen molar-refractivity contribution in [2.24, 2.45) is 11.7 Å². The molecule has 0 heterocycles. The fraction of sp³-hybridized carbons (Fsp3) is 0.588. The highest BCUT2D eigenvalue weighted by molar-refractivity contribution is 5.91. The van der Waals surface area contributed by atoms with E-state index < -0.39 is 0 Å². The summed E-state index contributed by atoms with van der Waals surface area (Å²) in [5.41, 5.74) is 9.42. The minimum Gasteiger partial charge on any atom is -0.354 e. The summed E-state index contributed by atoms with van der Waals surface area (Å²) < 4.78 is 0. The molecule has 0 aromatic heterocycles. The standard InChI is InChI=1S/C17H24N2O.ClH/c1-11-7-12(2)9-14(8-11)17(5-6-17)16(20)19-10-15(18)13-3-4-13;/h7-9,13,15H,3-6,10,18H2,1-2H3,(H,19,20);1H. The number of carbonyl (C=O) groups excluding carboxylic acids is 1. The second kappa shape index (κ2) is 5.98. The van der Waals surface area contributed by atoms with Crippen LogP contribution in [0, 0.1) is 19.8 Å². The van der Waals surface area contributed by atoms with E-state index in [0.717, 1.165) is 12.8 Å². The van der Waals surface area contributed by atoms with E-state index in [-0.39, 0.29) is 29.8 Å². The summed E-state index contributed by atoms with van der Waals surface area (Å²) in [7, 11) is 0. The van der Waals surface area contributed by atoms with E-state index in [0.29, 0.717) is 12.5 Å². The van der Waals surface area contributed by atoms with E-state index in [1.54, 1.807) is 0 Å². The molecule has 1 aromatic rings. The van der Waals surface area contributed by atoms with Crippen LogP contribution >= 0.6 is 12.4 Å². The Hall–Kier alpha value is -1.06. The van der Waals surface area contributed by atoms with Crippen LogP contribution in [0.15, 0.2) is 18.2 Å². The molecule has 2 aliphatic rings. The predicted octanol–water partition coefficient (Wildman–Crippen LogP) is 2.61. The van der Waals surface area contributed by atoms with Gasteiger partial charge in [0, 0.05) is 12.6 Å². The van der Waals surface area contributed by atoms with Gasteiger partial charge in [0.05, 0.1) is 5.41 Å². The molecule has 2 saturated carbocycles. The monoisotopic (exact) mass is 308 g/mol. The number of nitrogens with two attached hydrogens (primary N) is 1. The van der Waals surface area contributed by atoms with Crippen molar-refractivity contribution in [2.75, 3.05) is 6.54 Å². The van der Waals surface area contributed by atoms with Gasteiger partial charge in [-0.25, -0.2) is 0 Å². The maximum Gasteiger partial charge on any atom is 0.230 e. The van der Waals surface area contributed by atoms with E-state index in [2.05, 4.69) is 37.4 Å². The van der Waals surface area contributed by atoms with E-state index in [4.69, 9.17) is 5.73 Å². The van der Waals surface area contributed by atoms with E-state index in [9.17, 15) is 4.79 Å². The highest BCUT2D eigenvalue weighted by atomic mass is 35.5. The molecule has 0 spiro atoms. The maximum absolute atomic E-state index is 12.5. The Kier molecular flexibility index (Phi) is 4.64. The summed E-state index contributed by atoms with van der Waals surface area (Å²) in [6.45, 7) is 4.80. The van der Waals surface area contributed by atoms with Crippen molar-refractivity contribution >= 4 is 18.3 Å². The van der Waals surface area contributed by atoms with Gasteiger partial charge < -0.3 is 11.1 Å². The fourth-order valence-corrected chi connectivity index (χ4v) is 3.09. The number of amides is 1. The van der Waals surface area contributed by atoms with Gasteiger partial charge >= 0.3 is 0 Å². The Morgan fingerprint density at radius 1 is 1.29 bits per heavy atom. The van der Waals surface area contributed by atoms with Crippen molar-refractivity contribution in [3.05, 3.63) is 34.9 Å². The van der Waals surface area contributed by atoms with Gasteiger partial charge in [0.1, 0.15) is 0 Å². The number of rotatable bonds is 5. The van der Waals surface area contributed by atoms with Gasteiger partial charge in [0.25, 0.3) is 0 Å². The van der Waals surface area contributed by atoms with Crippen LogP contribution < -0.4 is 11.1 Å². The molecule has 0 saturated heterocycles. The first kappa shape index (κ1) is 16.3. The zero-order valence-corrected chi connectivity index (χ0v) is 13.6. The zero-order chi connectivity index (χ0) is 14.3. The Balaban J connectivity index is 0.00000161. The van der Waals surface area contributed by atoms with Crippen LogP contribution in [0.1, 0.15) is 42.4 Å². The number of hydrogen-bond acceptors (Lipinski definition) is 2. The minimum atomic E-state index is -0.278. The minimum absolute atomic E-state index is 0. The topological polar surface area (TPSA) is 55.1 Å². The summed E-state index contributed by atoms with van der Waals surface area (Å²) in [6, 6.07) is 6.59. The smallest absolute Gasteiger partial charge is 0.230 e. The number of halogens is 1. The van der Waals surface area contributed by atoms with Gasteiger partial charge in [0.15, 0.2) is 0 Å². The molecule has 21 heavy (non-hydrogen) atoms. The summed E-state index contributed by atoms with van der Waals surface area (Å²) in [4.78, 5) is 12.5. The average Bonchev–Trinajstić information content (AvgIpc) is 3.28. The molecule has 1 unspecified atom stereocenters. The second-order valence-electron chi connectivity index (χ2n) is 6.67. The van der Waals surface area contributed by atoms with Gasteiger partial charge in [-0.2, -0.15) is 0 Å². The molecule has 0 bridgehead atoms. The lowest BCUT2D eigenvalue weighted by atomic mass is 9.92. The quantitative estimate of drug-likeness (QED) is 0.878. The third-order valence-electron chi connectivity index (χ3n) is 4.68. The molecule has 0 radical (unpaired) electrons. The lowest BCUT2D eigenvalue weighted by molar-refractivity contribution is -0.123. The van der Waals surface area contributed by atoms with Crippen molar-refractivity contribution in [1.82, 2.24) is 5.32 Å². The molecule has 1 amide bonds. The normalized spacial score (nSPS) is 20.3. The first-order chi connectivity index (χ1) is 9.51. The van der Waals surface area contributed by atoms with Gasteiger partial charge in [-0.05, 0) is 51.0 Å². The molecule has 1 aromatic carbocycles. The first-order valence-corrected chi connectivity index (χ1v) is 7.64. The molecular weight excluding hydrogens is 284 g/mol. The fourth-order valence-electron chi connectivity index (χ4n) is 3.09. The Morgan fingerprint density at radius 2 is 1.86 bits per heavy atom. The molecule has 116 valence electrons. The van der Waals surface area contributed by atoms with Crippen molar-refractivity contribution in [3.8, 4) is 0 Å². The largest absolute Gasteiger partial charge is 0.354 e. The third-order valence-corrected chi connectivity index (χ3v) is 4.68. The molecule has 1 atom stereocenters. The van der Waals surface area contributed by atoms with Crippen LogP contribution in [0.3, 0.4) is 0 Å². The van der Waals surface area contributed by atoms with Crippen molar-refractivity contribution in [1.29, 1.82) is 0 Å². The summed E-state index contributed by atoms with van der Waals surface area (Å²) in [5, 5.41) is 3.08. The van der Waals surface area contributed by atoms with Crippen LogP contribution in [-0.4, -0.2) is 18.5 Å². The molecule has 0 aliphatic heterocycles. The second-order valence-corrected chi connectivity index (χ2v) is 6.67. The SMILES string of the molecule is Cc1cc(C)cc(C2(C(=O)NCC(N)C3CC3)CC2)c1.Cl. The number of hydrogen-bond donors (Lipinski definition) is 2. The van der Waals surface area contributed by atoms with Gasteiger partial charge in [-0.3, -0.25) is 4.79 Å². The van der Waals surface area contributed by atoms with Crippen LogP contribution in [0.2, 0.25) is 0 Å². The Morgan fingerprint density at radius 3 is 2.33 bits per heavy atom. The van der Waals surface area contributed by atoms with Crippen molar-refractivity contribution < 1.29 is 4.79 Å². The van der Waals surface area contributed by atoms with Crippen LogP contribution in [0.4, 0.5) is 0 Å². The van der Waals surface area contributed by atoms with E-state index in [1.807, 2.05) is 0 Å². The maximum atomic E-state index is 12.5. The lowest BCUT2D eigenvalue weighted by Gasteiger charge is -2.19. The average molecular weight is 309 g/mol. The van der Waals surface area contributed by atoms with Gasteiger partial charge in [-0.15, -0.1) is 12.4 Å². The number of aryl methyl sites for hydroxylation is 2. The molecule has 3 N–H and O–H groups in total. The highest BCUT2D eigenvalue weighted by Gasteiger charge is 2.51. The summed E-state index contributed by atoms with van der Waals surface area (Å²) in [5.74, 6) is 0.797. The van der Waals surface area contributed by atoms with Gasteiger partial charge in [-0.1, -0.05) is 29.3 Å². The molecule has 4 heteroatoms. The van der Waals surface area contributed by atoms with Crippen molar-refractivity contribution in [3.63, 3.8) is 0 Å². The van der Waals surface area contributed by atoms with Gasteiger partial charge in [0.2, 0.25) is 5.91 Å². The molecule has 2 aliphatic carbocycles. The Bertz CT molecular complexity index is 515. The summed E-state index contributed by atoms with van der Waals surface area (Å²) >= 11 is 0. The zero-order valence-electron chi connectivity index (χ0n) is 12.8. The molecule has 3 nitrogen and oxygen atoms in total. The Labute approximate surface area is 133 Å². The molecular formula is C17H25ClN2O. The predicted molar refractivity (Wildman–Crippen MR) is 87.8 cm³/mol. The van der Waals surface area contributed by atoms with E-state index in [1.165, 1.54) is 29.5 Å².